The predicted octanol–water partition coefficient (Wildman–Crippen LogP) is 3.04. The minimum Gasteiger partial charge on any atom is -0.483 e. The zero-order valence-electron chi connectivity index (χ0n) is 18.3. The Kier molecular flexibility index (Phi) is 8.41. The summed E-state index contributed by atoms with van der Waals surface area (Å²) in [6, 6.07) is 10.0. The topological polar surface area (TPSA) is 87.2 Å². The van der Waals surface area contributed by atoms with Gasteiger partial charge < -0.3 is 19.6 Å². The van der Waals surface area contributed by atoms with Gasteiger partial charge in [-0.1, -0.05) is 11.6 Å². The number of carbonyl (C=O) groups is 3. The lowest BCUT2D eigenvalue weighted by molar-refractivity contribution is -0.134. The van der Waals surface area contributed by atoms with Crippen LogP contribution >= 0.6 is 11.6 Å². The number of benzene rings is 2. The number of amides is 2. The van der Waals surface area contributed by atoms with Crippen LogP contribution in [0.15, 0.2) is 42.5 Å². The molecular weight excluding hydrogens is 451 g/mol. The zero-order valence-corrected chi connectivity index (χ0v) is 19.1. The third-order valence-electron chi connectivity index (χ3n) is 5.65. The minimum absolute atomic E-state index is 0.0466. The number of ketones is 1. The van der Waals surface area contributed by atoms with Gasteiger partial charge in [0.25, 0.3) is 11.8 Å². The molecule has 0 atom stereocenters. The number of nitrogens with zero attached hydrogens (tertiary/aromatic N) is 2. The van der Waals surface area contributed by atoms with Gasteiger partial charge in [-0.15, -0.1) is 0 Å². The van der Waals surface area contributed by atoms with Crippen molar-refractivity contribution in [2.75, 3.05) is 39.9 Å². The van der Waals surface area contributed by atoms with Crippen molar-refractivity contribution in [2.24, 2.45) is 5.92 Å². The van der Waals surface area contributed by atoms with Gasteiger partial charge in [-0.25, -0.2) is 4.39 Å². The van der Waals surface area contributed by atoms with Crippen LogP contribution in [0, 0.1) is 11.7 Å². The molecule has 0 saturated carbocycles. The van der Waals surface area contributed by atoms with Gasteiger partial charge in [-0.2, -0.15) is 0 Å². The van der Waals surface area contributed by atoms with Gasteiger partial charge in [0.15, 0.2) is 12.4 Å². The molecule has 0 radical (unpaired) electrons. The molecule has 2 aromatic carbocycles. The molecule has 1 N–H and O–H groups in total. The number of hydrogen-bond acceptors (Lipinski definition) is 5. The van der Waals surface area contributed by atoms with E-state index in [2.05, 4.69) is 0 Å². The van der Waals surface area contributed by atoms with E-state index in [9.17, 15) is 18.8 Å². The molecule has 0 spiro atoms. The van der Waals surface area contributed by atoms with Crippen LogP contribution in [0.4, 0.5) is 4.39 Å². The predicted molar refractivity (Wildman–Crippen MR) is 121 cm³/mol. The fraction of sp³-hybridized carbons (Fsp3) is 0.375. The molecule has 7 nitrogen and oxygen atoms in total. The highest BCUT2D eigenvalue weighted by Crippen LogP contribution is 2.25. The van der Waals surface area contributed by atoms with Crippen LogP contribution in [0.3, 0.4) is 0 Å². The molecule has 1 saturated heterocycles. The van der Waals surface area contributed by atoms with Gasteiger partial charge in [0, 0.05) is 43.2 Å². The second-order valence-electron chi connectivity index (χ2n) is 7.91. The maximum absolute atomic E-state index is 13.1. The molecule has 1 heterocycles. The maximum Gasteiger partial charge on any atom is 0.260 e. The van der Waals surface area contributed by atoms with Crippen molar-refractivity contribution < 1.29 is 28.6 Å². The Balaban J connectivity index is 1.56. The van der Waals surface area contributed by atoms with Crippen molar-refractivity contribution in [1.29, 1.82) is 0 Å². The van der Waals surface area contributed by atoms with E-state index in [1.807, 2.05) is 0 Å². The molecule has 176 valence electrons. The number of halogens is 2. The van der Waals surface area contributed by atoms with Gasteiger partial charge in [0.05, 0.1) is 12.2 Å². The molecule has 0 aliphatic carbocycles. The molecule has 1 aliphatic heterocycles. The zero-order chi connectivity index (χ0) is 24.0. The number of Topliss-reactive ketones (excluding diaryl/α,β-unsaturated/α-hetero) is 1. The third-order valence-corrected chi connectivity index (χ3v) is 5.89. The van der Waals surface area contributed by atoms with Gasteiger partial charge in [0.1, 0.15) is 11.6 Å². The number of aliphatic hydroxyl groups is 1. The molecule has 1 fully saturated rings. The van der Waals surface area contributed by atoms with Crippen molar-refractivity contribution in [3.8, 4) is 5.75 Å². The van der Waals surface area contributed by atoms with E-state index < -0.39 is 5.82 Å². The summed E-state index contributed by atoms with van der Waals surface area (Å²) >= 11 is 6.02. The maximum atomic E-state index is 13.1. The normalized spacial score (nSPS) is 14.1. The number of hydrogen-bond donors (Lipinski definition) is 1. The molecular formula is C24H26ClFN2O5. The van der Waals surface area contributed by atoms with E-state index in [-0.39, 0.29) is 54.6 Å². The molecule has 0 bridgehead atoms. The lowest BCUT2D eigenvalue weighted by Gasteiger charge is -2.31. The first-order valence-electron chi connectivity index (χ1n) is 10.7. The van der Waals surface area contributed by atoms with E-state index in [1.54, 1.807) is 18.0 Å². The molecule has 2 amide bonds. The number of carbonyl (C=O) groups excluding carboxylic acids is 3. The van der Waals surface area contributed by atoms with Crippen LogP contribution in [0.1, 0.15) is 33.6 Å². The lowest BCUT2D eigenvalue weighted by Crippen LogP contribution is -2.42. The van der Waals surface area contributed by atoms with Gasteiger partial charge in [-0.05, 0) is 55.3 Å². The van der Waals surface area contributed by atoms with Crippen molar-refractivity contribution in [3.63, 3.8) is 0 Å². The summed E-state index contributed by atoms with van der Waals surface area (Å²) in [6.45, 7) is 0.519. The van der Waals surface area contributed by atoms with Crippen LogP contribution < -0.4 is 4.74 Å². The number of ether oxygens (including phenoxy) is 1. The highest BCUT2D eigenvalue weighted by Gasteiger charge is 2.28. The van der Waals surface area contributed by atoms with E-state index in [0.717, 1.165) is 0 Å². The Bertz CT molecular complexity index is 1010. The number of aliphatic hydroxyl groups excluding tert-OH is 1. The second kappa shape index (κ2) is 11.2. The van der Waals surface area contributed by atoms with E-state index in [1.165, 1.54) is 41.3 Å². The summed E-state index contributed by atoms with van der Waals surface area (Å²) < 4.78 is 18.7. The van der Waals surface area contributed by atoms with Gasteiger partial charge in [-0.3, -0.25) is 14.4 Å². The van der Waals surface area contributed by atoms with Crippen LogP contribution in [0.2, 0.25) is 5.02 Å². The van der Waals surface area contributed by atoms with Crippen molar-refractivity contribution in [3.05, 3.63) is 64.4 Å². The molecule has 1 aliphatic rings. The number of rotatable bonds is 8. The van der Waals surface area contributed by atoms with Crippen LogP contribution in [0.5, 0.6) is 5.75 Å². The van der Waals surface area contributed by atoms with E-state index >= 15 is 0 Å². The van der Waals surface area contributed by atoms with Gasteiger partial charge >= 0.3 is 0 Å². The molecule has 9 heteroatoms. The van der Waals surface area contributed by atoms with Crippen LogP contribution in [0.25, 0.3) is 0 Å². The number of piperidine rings is 1. The Morgan fingerprint density at radius 2 is 1.82 bits per heavy atom. The average molecular weight is 477 g/mol. The second-order valence-corrected chi connectivity index (χ2v) is 8.34. The number of likely N-dealkylation sites (tertiary alicyclic amines) is 1. The fourth-order valence-electron chi connectivity index (χ4n) is 3.72. The Morgan fingerprint density at radius 1 is 1.15 bits per heavy atom. The monoisotopic (exact) mass is 476 g/mol. The molecule has 2 aromatic rings. The first kappa shape index (κ1) is 24.7. The lowest BCUT2D eigenvalue weighted by atomic mass is 9.89. The molecule has 3 rings (SSSR count). The van der Waals surface area contributed by atoms with Gasteiger partial charge in [0.2, 0.25) is 0 Å². The smallest absolute Gasteiger partial charge is 0.260 e. The Hall–Kier alpha value is -2.97. The third kappa shape index (κ3) is 6.30. The first-order chi connectivity index (χ1) is 15.8. The van der Waals surface area contributed by atoms with Crippen molar-refractivity contribution in [1.82, 2.24) is 9.80 Å². The highest BCUT2D eigenvalue weighted by molar-refractivity contribution is 6.31. The summed E-state index contributed by atoms with van der Waals surface area (Å²) in [5.74, 6) is -1.06. The summed E-state index contributed by atoms with van der Waals surface area (Å²) in [6.07, 6.45) is 1.02. The molecule has 0 aromatic heterocycles. The summed E-state index contributed by atoms with van der Waals surface area (Å²) in [7, 11) is 1.55. The standard InChI is InChI=1S/C24H26ClFN2O5/c1-27(12-13-29)24(32)20-14-18(25)4-7-21(20)33-15-22(30)28-10-8-17(9-11-28)23(31)16-2-5-19(26)6-3-16/h2-7,14,17,29H,8-13,15H2,1H3. The highest BCUT2D eigenvalue weighted by atomic mass is 35.5. The number of likely N-dealkylation sites (N-methyl/N-ethyl adjacent to an activating group) is 1. The minimum atomic E-state index is -0.391. The van der Waals surface area contributed by atoms with Crippen molar-refractivity contribution >= 4 is 29.2 Å². The van der Waals surface area contributed by atoms with Crippen molar-refractivity contribution in [2.45, 2.75) is 12.8 Å². The Morgan fingerprint density at radius 3 is 2.45 bits per heavy atom. The van der Waals surface area contributed by atoms with E-state index in [4.69, 9.17) is 21.4 Å². The van der Waals surface area contributed by atoms with Crippen LogP contribution in [-0.2, 0) is 4.79 Å². The fourth-order valence-corrected chi connectivity index (χ4v) is 3.90. The summed E-state index contributed by atoms with van der Waals surface area (Å²) in [5.41, 5.74) is 0.672. The summed E-state index contributed by atoms with van der Waals surface area (Å²) in [4.78, 5) is 40.9. The Labute approximate surface area is 196 Å². The average Bonchev–Trinajstić information content (AvgIpc) is 2.82. The van der Waals surface area contributed by atoms with Crippen LogP contribution in [-0.4, -0.2) is 72.4 Å². The quantitative estimate of drug-likeness (QED) is 0.592. The largest absolute Gasteiger partial charge is 0.483 e. The molecule has 0 unspecified atom stereocenters. The summed E-state index contributed by atoms with van der Waals surface area (Å²) in [5, 5.41) is 9.42. The van der Waals surface area contributed by atoms with E-state index in [0.29, 0.717) is 36.5 Å². The SMILES string of the molecule is CN(CCO)C(=O)c1cc(Cl)ccc1OCC(=O)N1CCC(C(=O)c2ccc(F)cc2)CC1. The molecule has 33 heavy (non-hydrogen) atoms. The first-order valence-corrected chi connectivity index (χ1v) is 11.0.